The molecule has 1 aliphatic rings. The van der Waals surface area contributed by atoms with Gasteiger partial charge in [0.15, 0.2) is 11.5 Å². The summed E-state index contributed by atoms with van der Waals surface area (Å²) >= 11 is 0. The highest BCUT2D eigenvalue weighted by molar-refractivity contribution is 5.97. The van der Waals surface area contributed by atoms with Crippen LogP contribution in [0.3, 0.4) is 0 Å². The van der Waals surface area contributed by atoms with Crippen LogP contribution in [0.15, 0.2) is 42.5 Å². The molecule has 2 unspecified atom stereocenters. The molecule has 0 spiro atoms. The highest BCUT2D eigenvalue weighted by atomic mass is 16.5. The first-order chi connectivity index (χ1) is 12.1. The number of methoxy groups -OCH3 is 3. The number of carbonyl (C=O) groups excluding carboxylic acids is 1. The van der Waals surface area contributed by atoms with Gasteiger partial charge in [0.2, 0.25) is 5.91 Å². The highest BCUT2D eigenvalue weighted by Crippen LogP contribution is 2.51. The van der Waals surface area contributed by atoms with Gasteiger partial charge in [-0.2, -0.15) is 0 Å². The lowest BCUT2D eigenvalue weighted by molar-refractivity contribution is -0.119. The van der Waals surface area contributed by atoms with Crippen molar-refractivity contribution in [3.05, 3.63) is 48.0 Å². The predicted octanol–water partition coefficient (Wildman–Crippen LogP) is 3.48. The molecular weight excluding hydrogens is 318 g/mol. The molecule has 3 rings (SSSR count). The summed E-state index contributed by atoms with van der Waals surface area (Å²) in [5.41, 5.74) is 1.89. The third kappa shape index (κ3) is 3.27. The molecule has 0 saturated heterocycles. The van der Waals surface area contributed by atoms with E-state index in [2.05, 4.69) is 0 Å². The summed E-state index contributed by atoms with van der Waals surface area (Å²) in [6, 6.07) is 13.4. The van der Waals surface area contributed by atoms with Gasteiger partial charge in [-0.15, -0.1) is 0 Å². The Bertz CT molecular complexity index is 774. The Morgan fingerprint density at radius 1 is 0.960 bits per heavy atom. The molecule has 0 heterocycles. The van der Waals surface area contributed by atoms with Crippen LogP contribution >= 0.6 is 0 Å². The summed E-state index contributed by atoms with van der Waals surface area (Å²) in [6.07, 6.45) is 0.844. The Morgan fingerprint density at radius 2 is 1.64 bits per heavy atom. The zero-order valence-corrected chi connectivity index (χ0v) is 15.0. The second kappa shape index (κ2) is 7.05. The van der Waals surface area contributed by atoms with E-state index in [4.69, 9.17) is 14.2 Å². The minimum atomic E-state index is -0.0191. The van der Waals surface area contributed by atoms with Crippen molar-refractivity contribution < 1.29 is 19.0 Å². The van der Waals surface area contributed by atoms with Crippen molar-refractivity contribution in [2.24, 2.45) is 5.92 Å². The summed E-state index contributed by atoms with van der Waals surface area (Å²) in [5.74, 6) is 2.39. The summed E-state index contributed by atoms with van der Waals surface area (Å²) in [4.78, 5) is 14.5. The van der Waals surface area contributed by atoms with E-state index in [9.17, 15) is 4.79 Å². The molecule has 0 aromatic heterocycles. The minimum absolute atomic E-state index is 0.0191. The van der Waals surface area contributed by atoms with Gasteiger partial charge in [-0.25, -0.2) is 0 Å². The van der Waals surface area contributed by atoms with Crippen molar-refractivity contribution in [1.29, 1.82) is 0 Å². The van der Waals surface area contributed by atoms with E-state index >= 15 is 0 Å². The zero-order valence-electron chi connectivity index (χ0n) is 15.0. The van der Waals surface area contributed by atoms with E-state index in [0.717, 1.165) is 23.4 Å². The molecule has 2 aromatic rings. The van der Waals surface area contributed by atoms with Gasteiger partial charge in [0, 0.05) is 24.7 Å². The molecule has 5 heteroatoms. The number of benzene rings is 2. The molecule has 132 valence electrons. The molecule has 0 bridgehead atoms. The Morgan fingerprint density at radius 3 is 2.32 bits per heavy atom. The van der Waals surface area contributed by atoms with E-state index in [1.165, 1.54) is 0 Å². The first-order valence-corrected chi connectivity index (χ1v) is 8.23. The Balaban J connectivity index is 1.76. The SMILES string of the molecule is COc1ccc(N(C)C(=O)C2CC2c2ccccc2OC)cc1OC. The van der Waals surface area contributed by atoms with Crippen LogP contribution in [-0.4, -0.2) is 34.3 Å². The van der Waals surface area contributed by atoms with Gasteiger partial charge in [-0.05, 0) is 36.1 Å². The summed E-state index contributed by atoms with van der Waals surface area (Å²) in [5, 5.41) is 0. The van der Waals surface area contributed by atoms with Crippen molar-refractivity contribution in [3.8, 4) is 17.2 Å². The van der Waals surface area contributed by atoms with Crippen molar-refractivity contribution in [1.82, 2.24) is 0 Å². The van der Waals surface area contributed by atoms with Crippen LogP contribution in [0.25, 0.3) is 0 Å². The molecule has 25 heavy (non-hydrogen) atoms. The van der Waals surface area contributed by atoms with Crippen LogP contribution < -0.4 is 19.1 Å². The van der Waals surface area contributed by atoms with E-state index < -0.39 is 0 Å². The highest BCUT2D eigenvalue weighted by Gasteiger charge is 2.46. The van der Waals surface area contributed by atoms with Crippen LogP contribution in [0.2, 0.25) is 0 Å². The molecule has 1 fully saturated rings. The van der Waals surface area contributed by atoms with E-state index in [1.807, 2.05) is 42.5 Å². The van der Waals surface area contributed by atoms with Crippen LogP contribution in [-0.2, 0) is 4.79 Å². The molecule has 0 N–H and O–H groups in total. The number of para-hydroxylation sites is 1. The van der Waals surface area contributed by atoms with Gasteiger partial charge in [-0.1, -0.05) is 18.2 Å². The smallest absolute Gasteiger partial charge is 0.230 e. The average Bonchev–Trinajstić information content (AvgIpc) is 3.46. The molecule has 0 aliphatic heterocycles. The average molecular weight is 341 g/mol. The fourth-order valence-electron chi connectivity index (χ4n) is 3.19. The fourth-order valence-corrected chi connectivity index (χ4v) is 3.19. The summed E-state index contributed by atoms with van der Waals surface area (Å²) < 4.78 is 16.0. The maximum atomic E-state index is 12.9. The van der Waals surface area contributed by atoms with Crippen LogP contribution in [0, 0.1) is 5.92 Å². The number of amides is 1. The molecule has 1 aliphatic carbocycles. The van der Waals surface area contributed by atoms with Crippen LogP contribution in [0.1, 0.15) is 17.9 Å². The number of carbonyl (C=O) groups is 1. The van der Waals surface area contributed by atoms with E-state index in [0.29, 0.717) is 11.5 Å². The first-order valence-electron chi connectivity index (χ1n) is 8.23. The Labute approximate surface area is 148 Å². The van der Waals surface area contributed by atoms with Gasteiger partial charge in [0.05, 0.1) is 21.3 Å². The first kappa shape index (κ1) is 17.1. The van der Waals surface area contributed by atoms with Gasteiger partial charge >= 0.3 is 0 Å². The van der Waals surface area contributed by atoms with Gasteiger partial charge in [0.25, 0.3) is 0 Å². The maximum absolute atomic E-state index is 12.9. The lowest BCUT2D eigenvalue weighted by Gasteiger charge is -2.19. The topological polar surface area (TPSA) is 48.0 Å². The maximum Gasteiger partial charge on any atom is 0.230 e. The molecule has 2 atom stereocenters. The number of hydrogen-bond acceptors (Lipinski definition) is 4. The second-order valence-electron chi connectivity index (χ2n) is 6.13. The summed E-state index contributed by atoms with van der Waals surface area (Å²) in [7, 11) is 6.63. The number of hydrogen-bond donors (Lipinski definition) is 0. The second-order valence-corrected chi connectivity index (χ2v) is 6.13. The van der Waals surface area contributed by atoms with Gasteiger partial charge in [-0.3, -0.25) is 4.79 Å². The predicted molar refractivity (Wildman–Crippen MR) is 96.8 cm³/mol. The van der Waals surface area contributed by atoms with Gasteiger partial charge < -0.3 is 19.1 Å². The minimum Gasteiger partial charge on any atom is -0.496 e. The molecule has 1 amide bonds. The standard InChI is InChI=1S/C20H23NO4/c1-21(13-9-10-18(24-3)19(11-13)25-4)20(22)16-12-15(16)14-7-5-6-8-17(14)23-2/h5-11,15-16H,12H2,1-4H3. The Hall–Kier alpha value is -2.69. The summed E-state index contributed by atoms with van der Waals surface area (Å²) in [6.45, 7) is 0. The molecule has 0 radical (unpaired) electrons. The Kier molecular flexibility index (Phi) is 4.83. The fraction of sp³-hybridized carbons (Fsp3) is 0.350. The van der Waals surface area contributed by atoms with Gasteiger partial charge in [0.1, 0.15) is 5.75 Å². The van der Waals surface area contributed by atoms with Crippen LogP contribution in [0.4, 0.5) is 5.69 Å². The zero-order chi connectivity index (χ0) is 18.0. The lowest BCUT2D eigenvalue weighted by Crippen LogP contribution is -2.28. The monoisotopic (exact) mass is 341 g/mol. The quantitative estimate of drug-likeness (QED) is 0.807. The van der Waals surface area contributed by atoms with Crippen LogP contribution in [0.5, 0.6) is 17.2 Å². The number of anilines is 1. The molecule has 5 nitrogen and oxygen atoms in total. The van der Waals surface area contributed by atoms with Crippen molar-refractivity contribution in [2.75, 3.05) is 33.3 Å². The third-order valence-corrected chi connectivity index (χ3v) is 4.73. The molecule has 2 aromatic carbocycles. The normalized spacial score (nSPS) is 18.4. The largest absolute Gasteiger partial charge is 0.496 e. The number of nitrogens with zero attached hydrogens (tertiary/aromatic N) is 1. The van der Waals surface area contributed by atoms with Crippen molar-refractivity contribution in [3.63, 3.8) is 0 Å². The number of ether oxygens (including phenoxy) is 3. The van der Waals surface area contributed by atoms with E-state index in [1.54, 1.807) is 33.3 Å². The molecule has 1 saturated carbocycles. The van der Waals surface area contributed by atoms with Crippen molar-refractivity contribution >= 4 is 11.6 Å². The number of rotatable bonds is 6. The van der Waals surface area contributed by atoms with Crippen molar-refractivity contribution in [2.45, 2.75) is 12.3 Å². The lowest BCUT2D eigenvalue weighted by atomic mass is 10.1. The van der Waals surface area contributed by atoms with E-state index in [-0.39, 0.29) is 17.7 Å². The third-order valence-electron chi connectivity index (χ3n) is 4.73. The molecular formula is C20H23NO4.